The average molecular weight is 176 g/mol. The molecule has 0 heterocycles. The number of hydrogen-bond donors (Lipinski definition) is 2. The van der Waals surface area contributed by atoms with E-state index in [2.05, 4.69) is 4.74 Å². The van der Waals surface area contributed by atoms with Gasteiger partial charge in [-0.05, 0) is 13.3 Å². The van der Waals surface area contributed by atoms with Gasteiger partial charge in [-0.15, -0.1) is 0 Å². The number of hydrogen-bond acceptors (Lipinski definition) is 4. The predicted octanol–water partition coefficient (Wildman–Crippen LogP) is 0.0714. The molecule has 0 amide bonds. The summed E-state index contributed by atoms with van der Waals surface area (Å²) < 4.78 is 4.33. The van der Waals surface area contributed by atoms with Gasteiger partial charge in [0.2, 0.25) is 0 Å². The second kappa shape index (κ2) is 4.42. The molecule has 12 heavy (non-hydrogen) atoms. The molecule has 2 unspecified atom stereocenters. The molecule has 0 aliphatic heterocycles. The minimum absolute atomic E-state index is 0.377. The van der Waals surface area contributed by atoms with Gasteiger partial charge < -0.3 is 14.9 Å². The SMILES string of the molecule is CCCC(O)C(C)(O)C(=O)OC. The molecule has 0 bridgehead atoms. The molecular weight excluding hydrogens is 160 g/mol. The topological polar surface area (TPSA) is 66.8 Å². The Bertz CT molecular complexity index is 153. The summed E-state index contributed by atoms with van der Waals surface area (Å²) in [5.41, 5.74) is -1.79. The van der Waals surface area contributed by atoms with Crippen molar-refractivity contribution in [1.82, 2.24) is 0 Å². The fourth-order valence-corrected chi connectivity index (χ4v) is 0.897. The van der Waals surface area contributed by atoms with Crippen molar-refractivity contribution in [3.63, 3.8) is 0 Å². The molecule has 4 heteroatoms. The molecule has 0 aromatic carbocycles. The van der Waals surface area contributed by atoms with Crippen molar-refractivity contribution in [2.45, 2.75) is 38.4 Å². The largest absolute Gasteiger partial charge is 0.467 e. The van der Waals surface area contributed by atoms with Crippen molar-refractivity contribution in [3.05, 3.63) is 0 Å². The summed E-state index contributed by atoms with van der Waals surface area (Å²) in [6.45, 7) is 3.11. The van der Waals surface area contributed by atoms with Crippen molar-refractivity contribution in [2.24, 2.45) is 0 Å². The summed E-state index contributed by atoms with van der Waals surface area (Å²) in [5, 5.41) is 18.8. The van der Waals surface area contributed by atoms with Gasteiger partial charge in [-0.2, -0.15) is 0 Å². The molecule has 0 aliphatic carbocycles. The van der Waals surface area contributed by atoms with Crippen LogP contribution in [0.3, 0.4) is 0 Å². The monoisotopic (exact) mass is 176 g/mol. The summed E-state index contributed by atoms with van der Waals surface area (Å²) in [5.74, 6) is -0.802. The number of rotatable bonds is 4. The van der Waals surface area contributed by atoms with Crippen LogP contribution in [0.5, 0.6) is 0 Å². The lowest BCUT2D eigenvalue weighted by molar-refractivity contribution is -0.172. The van der Waals surface area contributed by atoms with Crippen molar-refractivity contribution < 1.29 is 19.7 Å². The van der Waals surface area contributed by atoms with Gasteiger partial charge in [0, 0.05) is 0 Å². The summed E-state index contributed by atoms with van der Waals surface area (Å²) in [4.78, 5) is 10.9. The van der Waals surface area contributed by atoms with Gasteiger partial charge in [-0.25, -0.2) is 4.79 Å². The van der Waals surface area contributed by atoms with Crippen LogP contribution in [0.1, 0.15) is 26.7 Å². The summed E-state index contributed by atoms with van der Waals surface area (Å²) in [6.07, 6.45) is 0.0195. The number of ether oxygens (including phenoxy) is 1. The minimum atomic E-state index is -1.79. The quantitative estimate of drug-likeness (QED) is 0.595. The lowest BCUT2D eigenvalue weighted by Gasteiger charge is -2.25. The summed E-state index contributed by atoms with van der Waals surface area (Å²) in [6, 6.07) is 0. The van der Waals surface area contributed by atoms with Gasteiger partial charge in [0.15, 0.2) is 5.60 Å². The summed E-state index contributed by atoms with van der Waals surface area (Å²) in [7, 11) is 1.18. The smallest absolute Gasteiger partial charge is 0.340 e. The standard InChI is InChI=1S/C8H16O4/c1-4-5-6(9)8(2,11)7(10)12-3/h6,9,11H,4-5H2,1-3H3. The molecule has 0 spiro atoms. The van der Waals surface area contributed by atoms with E-state index in [0.717, 1.165) is 0 Å². The maximum atomic E-state index is 10.9. The maximum Gasteiger partial charge on any atom is 0.340 e. The van der Waals surface area contributed by atoms with Crippen LogP contribution in [0, 0.1) is 0 Å². The zero-order valence-corrected chi connectivity index (χ0v) is 7.70. The van der Waals surface area contributed by atoms with Gasteiger partial charge in [-0.3, -0.25) is 0 Å². The third-order valence-corrected chi connectivity index (χ3v) is 1.81. The van der Waals surface area contributed by atoms with Gasteiger partial charge in [0.25, 0.3) is 0 Å². The van der Waals surface area contributed by atoms with Crippen molar-refractivity contribution in [1.29, 1.82) is 0 Å². The Labute approximate surface area is 72.2 Å². The fraction of sp³-hybridized carbons (Fsp3) is 0.875. The molecule has 0 saturated carbocycles. The van der Waals surface area contributed by atoms with E-state index in [1.807, 2.05) is 6.92 Å². The molecule has 2 atom stereocenters. The molecule has 4 nitrogen and oxygen atoms in total. The first kappa shape index (κ1) is 11.4. The highest BCUT2D eigenvalue weighted by atomic mass is 16.5. The van der Waals surface area contributed by atoms with Crippen LogP contribution in [-0.4, -0.2) is 35.0 Å². The first-order valence-electron chi connectivity index (χ1n) is 3.95. The van der Waals surface area contributed by atoms with Crippen LogP contribution in [0.4, 0.5) is 0 Å². The van der Waals surface area contributed by atoms with Crippen molar-refractivity contribution in [2.75, 3.05) is 7.11 Å². The Hall–Kier alpha value is -0.610. The van der Waals surface area contributed by atoms with Crippen molar-refractivity contribution in [3.8, 4) is 0 Å². The first-order chi connectivity index (χ1) is 5.46. The maximum absolute atomic E-state index is 10.9. The van der Waals surface area contributed by atoms with Crippen LogP contribution in [0.2, 0.25) is 0 Å². The summed E-state index contributed by atoms with van der Waals surface area (Å²) >= 11 is 0. The number of esters is 1. The lowest BCUT2D eigenvalue weighted by Crippen LogP contribution is -2.47. The molecule has 0 aromatic rings. The highest BCUT2D eigenvalue weighted by molar-refractivity contribution is 5.79. The van der Waals surface area contributed by atoms with E-state index in [1.54, 1.807) is 0 Å². The predicted molar refractivity (Wildman–Crippen MR) is 43.6 cm³/mol. The Kier molecular flexibility index (Phi) is 4.20. The fourth-order valence-electron chi connectivity index (χ4n) is 0.897. The number of carbonyl (C=O) groups excluding carboxylic acids is 1. The zero-order chi connectivity index (χ0) is 9.78. The van der Waals surface area contributed by atoms with E-state index in [9.17, 15) is 15.0 Å². The highest BCUT2D eigenvalue weighted by Crippen LogP contribution is 2.15. The molecule has 0 saturated heterocycles. The second-order valence-electron chi connectivity index (χ2n) is 2.94. The zero-order valence-electron chi connectivity index (χ0n) is 7.70. The number of methoxy groups -OCH3 is 1. The van der Waals surface area contributed by atoms with Crippen LogP contribution >= 0.6 is 0 Å². The molecule has 0 rings (SSSR count). The number of carbonyl (C=O) groups is 1. The van der Waals surface area contributed by atoms with Gasteiger partial charge >= 0.3 is 5.97 Å². The molecule has 2 N–H and O–H groups in total. The number of aliphatic hydroxyl groups excluding tert-OH is 1. The van der Waals surface area contributed by atoms with Gasteiger partial charge in [0.05, 0.1) is 13.2 Å². The normalized spacial score (nSPS) is 18.1. The molecule has 0 radical (unpaired) electrons. The van der Waals surface area contributed by atoms with E-state index >= 15 is 0 Å². The Morgan fingerprint density at radius 3 is 2.50 bits per heavy atom. The van der Waals surface area contributed by atoms with E-state index in [0.29, 0.717) is 12.8 Å². The van der Waals surface area contributed by atoms with Gasteiger partial charge in [-0.1, -0.05) is 13.3 Å². The van der Waals surface area contributed by atoms with E-state index in [1.165, 1.54) is 14.0 Å². The Morgan fingerprint density at radius 2 is 2.17 bits per heavy atom. The van der Waals surface area contributed by atoms with E-state index in [-0.39, 0.29) is 0 Å². The molecule has 0 aromatic heterocycles. The first-order valence-corrected chi connectivity index (χ1v) is 3.95. The van der Waals surface area contributed by atoms with Crippen molar-refractivity contribution >= 4 is 5.97 Å². The third-order valence-electron chi connectivity index (χ3n) is 1.81. The van der Waals surface area contributed by atoms with E-state index in [4.69, 9.17) is 0 Å². The van der Waals surface area contributed by atoms with Gasteiger partial charge in [0.1, 0.15) is 0 Å². The van der Waals surface area contributed by atoms with Crippen LogP contribution in [0.15, 0.2) is 0 Å². The van der Waals surface area contributed by atoms with Crippen LogP contribution in [0.25, 0.3) is 0 Å². The lowest BCUT2D eigenvalue weighted by atomic mass is 9.96. The van der Waals surface area contributed by atoms with E-state index < -0.39 is 17.7 Å². The Balaban J connectivity index is 4.26. The van der Waals surface area contributed by atoms with Crippen LogP contribution < -0.4 is 0 Å². The third kappa shape index (κ3) is 2.46. The highest BCUT2D eigenvalue weighted by Gasteiger charge is 2.38. The second-order valence-corrected chi connectivity index (χ2v) is 2.94. The molecule has 72 valence electrons. The molecule has 0 aliphatic rings. The average Bonchev–Trinajstić information content (AvgIpc) is 2.03. The number of aliphatic hydroxyl groups is 2. The molecule has 0 fully saturated rings. The Morgan fingerprint density at radius 1 is 1.67 bits per heavy atom. The van der Waals surface area contributed by atoms with Crippen LogP contribution in [-0.2, 0) is 9.53 Å². The minimum Gasteiger partial charge on any atom is -0.467 e. The molecular formula is C8H16O4.